The lowest BCUT2D eigenvalue weighted by Gasteiger charge is -2.19. The maximum absolute atomic E-state index is 11.5. The zero-order valence-electron chi connectivity index (χ0n) is 19.0. The van der Waals surface area contributed by atoms with Crippen LogP contribution >= 0.6 is 22.9 Å². The lowest BCUT2D eigenvalue weighted by Crippen LogP contribution is -2.28. The molecule has 0 radical (unpaired) electrons. The Bertz CT molecular complexity index is 943. The van der Waals surface area contributed by atoms with E-state index >= 15 is 0 Å². The fraction of sp³-hybridized carbons (Fsp3) is 0.609. The summed E-state index contributed by atoms with van der Waals surface area (Å²) >= 11 is 7.84. The van der Waals surface area contributed by atoms with Crippen LogP contribution in [0.1, 0.15) is 49.0 Å². The van der Waals surface area contributed by atoms with Crippen LogP contribution in [0.15, 0.2) is 29.7 Å². The normalized spacial score (nSPS) is 24.7. The first-order valence-corrected chi connectivity index (χ1v) is 14.2. The van der Waals surface area contributed by atoms with Gasteiger partial charge < -0.3 is 15.3 Å². The third kappa shape index (κ3) is 9.50. The van der Waals surface area contributed by atoms with E-state index in [1.165, 1.54) is 0 Å². The summed E-state index contributed by atoms with van der Waals surface area (Å²) in [4.78, 5) is 12.5. The van der Waals surface area contributed by atoms with Crippen LogP contribution in [0, 0.1) is 18.8 Å². The topological polar surface area (TPSA) is 124 Å². The summed E-state index contributed by atoms with van der Waals surface area (Å²) in [6.07, 6.45) is 9.54. The molecule has 0 aliphatic heterocycles. The molecule has 2 rings (SSSR count). The summed E-state index contributed by atoms with van der Waals surface area (Å²) in [6.45, 7) is 1.96. The number of carbonyl (C=O) groups excluding carboxylic acids is 1. The van der Waals surface area contributed by atoms with Gasteiger partial charge in [-0.25, -0.2) is 8.42 Å². The number of carbonyl (C=O) groups is 1. The van der Waals surface area contributed by atoms with E-state index in [1.54, 1.807) is 23.5 Å². The van der Waals surface area contributed by atoms with Crippen molar-refractivity contribution in [2.75, 3.05) is 6.26 Å². The molecule has 33 heavy (non-hydrogen) atoms. The van der Waals surface area contributed by atoms with E-state index in [2.05, 4.69) is 0 Å². The summed E-state index contributed by atoms with van der Waals surface area (Å²) in [5.74, 6) is -0.950. The standard InChI is InChI=1S/C23H34ClNO6S2/c1-15-23(24)16(14-32-15)9-10-17(26)11-12-19-18(20(27)13-21(19)28)7-5-3-4-6-8-22(29)25-33(2,30)31/h3,5,11-12,14,17-21,26-28H,4,6-10,13H2,1-2H3,(H,25,29)/b5-3+,12-11+/t17-,18+,19+,20-,21+/m0/s1. The Kier molecular flexibility index (Phi) is 11.0. The van der Waals surface area contributed by atoms with Crippen molar-refractivity contribution in [2.24, 2.45) is 11.8 Å². The number of rotatable bonds is 12. The van der Waals surface area contributed by atoms with Gasteiger partial charge >= 0.3 is 0 Å². The molecule has 1 saturated carbocycles. The number of hydrogen-bond donors (Lipinski definition) is 4. The fourth-order valence-corrected chi connectivity index (χ4v) is 5.68. The van der Waals surface area contributed by atoms with Crippen LogP contribution in [0.2, 0.25) is 5.02 Å². The van der Waals surface area contributed by atoms with Crippen molar-refractivity contribution in [3.8, 4) is 0 Å². The van der Waals surface area contributed by atoms with E-state index in [-0.39, 0.29) is 18.3 Å². The van der Waals surface area contributed by atoms with Gasteiger partial charge in [-0.15, -0.1) is 11.3 Å². The first-order chi connectivity index (χ1) is 15.5. The van der Waals surface area contributed by atoms with Crippen molar-refractivity contribution in [2.45, 2.75) is 70.2 Å². The molecule has 0 aromatic carbocycles. The van der Waals surface area contributed by atoms with Gasteiger partial charge in [0.2, 0.25) is 15.9 Å². The van der Waals surface area contributed by atoms with Gasteiger partial charge in [0, 0.05) is 23.6 Å². The summed E-state index contributed by atoms with van der Waals surface area (Å²) in [6, 6.07) is 0. The highest BCUT2D eigenvalue weighted by Gasteiger charge is 2.39. The molecule has 0 spiro atoms. The largest absolute Gasteiger partial charge is 0.393 e. The number of aliphatic hydroxyl groups is 3. The third-order valence-corrected chi connectivity index (χ3v) is 8.00. The minimum absolute atomic E-state index is 0.113. The minimum atomic E-state index is -3.53. The quantitative estimate of drug-likeness (QED) is 0.248. The van der Waals surface area contributed by atoms with Crippen LogP contribution in [0.25, 0.3) is 0 Å². The molecule has 1 fully saturated rings. The van der Waals surface area contributed by atoms with Crippen molar-refractivity contribution >= 4 is 38.9 Å². The molecule has 0 saturated heterocycles. The molecule has 1 amide bonds. The molecule has 7 nitrogen and oxygen atoms in total. The SMILES string of the molecule is Cc1scc(CC[C@H](O)/C=C/[C@@H]2[C@@H](C/C=C/CCCC(=O)NS(C)(=O)=O)[C@@H](O)C[C@H]2O)c1Cl. The van der Waals surface area contributed by atoms with Gasteiger partial charge in [0.15, 0.2) is 0 Å². The van der Waals surface area contributed by atoms with Crippen molar-refractivity contribution in [1.29, 1.82) is 0 Å². The van der Waals surface area contributed by atoms with Gasteiger partial charge in [0.25, 0.3) is 0 Å². The van der Waals surface area contributed by atoms with E-state index < -0.39 is 34.2 Å². The zero-order valence-corrected chi connectivity index (χ0v) is 21.4. The van der Waals surface area contributed by atoms with Crippen LogP contribution in [-0.2, 0) is 21.2 Å². The Morgan fingerprint density at radius 3 is 2.70 bits per heavy atom. The lowest BCUT2D eigenvalue weighted by molar-refractivity contribution is -0.119. The van der Waals surface area contributed by atoms with Gasteiger partial charge in [0.1, 0.15) is 0 Å². The van der Waals surface area contributed by atoms with Gasteiger partial charge in [-0.2, -0.15) is 0 Å². The number of aliphatic hydroxyl groups excluding tert-OH is 3. The Labute approximate surface area is 205 Å². The average molecular weight is 520 g/mol. The van der Waals surface area contributed by atoms with Crippen LogP contribution in [0.5, 0.6) is 0 Å². The number of thiophene rings is 1. The number of amides is 1. The van der Waals surface area contributed by atoms with Crippen LogP contribution < -0.4 is 4.72 Å². The molecule has 1 aromatic rings. The van der Waals surface area contributed by atoms with Crippen molar-refractivity contribution < 1.29 is 28.5 Å². The number of sulfonamides is 1. The molecule has 1 aromatic heterocycles. The maximum atomic E-state index is 11.5. The van der Waals surface area contributed by atoms with Gasteiger partial charge in [0.05, 0.1) is 29.6 Å². The molecule has 4 N–H and O–H groups in total. The second-order valence-corrected chi connectivity index (χ2v) is 11.8. The second-order valence-electron chi connectivity index (χ2n) is 8.63. The summed E-state index contributed by atoms with van der Waals surface area (Å²) in [5, 5.41) is 33.8. The monoisotopic (exact) mass is 519 g/mol. The number of allylic oxidation sites excluding steroid dienone is 2. The summed E-state index contributed by atoms with van der Waals surface area (Å²) in [7, 11) is -3.53. The molecule has 186 valence electrons. The van der Waals surface area contributed by atoms with Crippen molar-refractivity contribution in [1.82, 2.24) is 4.72 Å². The first-order valence-electron chi connectivity index (χ1n) is 11.1. The molecule has 5 atom stereocenters. The van der Waals surface area contributed by atoms with Crippen LogP contribution in [0.3, 0.4) is 0 Å². The number of nitrogens with one attached hydrogen (secondary N) is 1. The van der Waals surface area contributed by atoms with E-state index in [0.717, 1.165) is 21.7 Å². The van der Waals surface area contributed by atoms with Crippen LogP contribution in [-0.4, -0.2) is 54.2 Å². The van der Waals surface area contributed by atoms with E-state index in [0.29, 0.717) is 38.5 Å². The Hall–Kier alpha value is -1.23. The highest BCUT2D eigenvalue weighted by Crippen LogP contribution is 2.36. The molecular weight excluding hydrogens is 486 g/mol. The third-order valence-electron chi connectivity index (χ3n) is 5.80. The molecule has 1 heterocycles. The Balaban J connectivity index is 1.79. The maximum Gasteiger partial charge on any atom is 0.233 e. The number of aryl methyl sites for hydroxylation is 2. The number of hydrogen-bond acceptors (Lipinski definition) is 7. The van der Waals surface area contributed by atoms with Gasteiger partial charge in [-0.1, -0.05) is 35.9 Å². The average Bonchev–Trinajstić information content (AvgIpc) is 3.17. The van der Waals surface area contributed by atoms with E-state index in [1.807, 2.05) is 29.2 Å². The fourth-order valence-electron chi connectivity index (χ4n) is 4.03. The number of halogens is 1. The van der Waals surface area contributed by atoms with E-state index in [9.17, 15) is 28.5 Å². The number of unbranched alkanes of at least 4 members (excludes halogenated alkanes) is 1. The minimum Gasteiger partial charge on any atom is -0.393 e. The predicted octanol–water partition coefficient (Wildman–Crippen LogP) is 3.11. The first kappa shape index (κ1) is 28.0. The lowest BCUT2D eigenvalue weighted by atomic mass is 9.89. The highest BCUT2D eigenvalue weighted by molar-refractivity contribution is 7.89. The molecule has 1 aliphatic rings. The van der Waals surface area contributed by atoms with Crippen molar-refractivity contribution in [3.63, 3.8) is 0 Å². The van der Waals surface area contributed by atoms with E-state index in [4.69, 9.17) is 11.6 Å². The second kappa shape index (κ2) is 13.0. The summed E-state index contributed by atoms with van der Waals surface area (Å²) in [5.41, 5.74) is 1.03. The molecular formula is C23H34ClNO6S2. The predicted molar refractivity (Wildman–Crippen MR) is 132 cm³/mol. The van der Waals surface area contributed by atoms with Gasteiger partial charge in [-0.3, -0.25) is 9.52 Å². The summed E-state index contributed by atoms with van der Waals surface area (Å²) < 4.78 is 23.9. The molecule has 10 heteroatoms. The molecule has 0 unspecified atom stereocenters. The Morgan fingerprint density at radius 1 is 1.33 bits per heavy atom. The highest BCUT2D eigenvalue weighted by atomic mass is 35.5. The molecule has 0 bridgehead atoms. The van der Waals surface area contributed by atoms with Gasteiger partial charge in [-0.05, 0) is 55.9 Å². The molecule has 1 aliphatic carbocycles. The Morgan fingerprint density at radius 2 is 2.06 bits per heavy atom. The van der Waals surface area contributed by atoms with Crippen LogP contribution in [0.4, 0.5) is 0 Å². The van der Waals surface area contributed by atoms with Crippen molar-refractivity contribution in [3.05, 3.63) is 45.1 Å². The zero-order chi connectivity index (χ0) is 24.6. The smallest absolute Gasteiger partial charge is 0.233 e.